The van der Waals surface area contributed by atoms with Gasteiger partial charge >= 0.3 is 12.0 Å². The number of likely N-dealkylation sites (N-methyl/N-ethyl adjacent to an activating group) is 1. The lowest BCUT2D eigenvalue weighted by atomic mass is 10.2. The number of aromatic carboxylic acids is 1. The summed E-state index contributed by atoms with van der Waals surface area (Å²) in [5.74, 6) is -1.01. The third-order valence-corrected chi connectivity index (χ3v) is 3.96. The van der Waals surface area contributed by atoms with Crippen molar-refractivity contribution in [3.8, 4) is 0 Å². The maximum absolute atomic E-state index is 12.1. The quantitative estimate of drug-likeness (QED) is 0.869. The monoisotopic (exact) mass is 356 g/mol. The first-order valence-electron chi connectivity index (χ1n) is 6.64. The zero-order valence-corrected chi connectivity index (χ0v) is 13.2. The Bertz CT molecular complexity index is 544. The van der Waals surface area contributed by atoms with Gasteiger partial charge < -0.3 is 20.1 Å². The van der Waals surface area contributed by atoms with Crippen molar-refractivity contribution >= 4 is 33.6 Å². The molecule has 1 aliphatic heterocycles. The summed E-state index contributed by atoms with van der Waals surface area (Å²) in [7, 11) is 1.70. The molecular formula is C14H17BrN2O4. The van der Waals surface area contributed by atoms with E-state index in [1.165, 1.54) is 12.1 Å². The second-order valence-electron chi connectivity index (χ2n) is 4.95. The van der Waals surface area contributed by atoms with Gasteiger partial charge in [-0.1, -0.05) is 0 Å². The van der Waals surface area contributed by atoms with Crippen LogP contribution in [0.2, 0.25) is 0 Å². The SMILES string of the molecule is CN(CC1CCCO1)C(=O)Nc1ccc(C(=O)O)cc1Br. The number of benzene rings is 1. The molecule has 0 aliphatic carbocycles. The molecule has 1 fully saturated rings. The third kappa shape index (κ3) is 4.18. The molecule has 6 nitrogen and oxygen atoms in total. The number of amides is 2. The van der Waals surface area contributed by atoms with E-state index < -0.39 is 5.97 Å². The summed E-state index contributed by atoms with van der Waals surface area (Å²) in [4.78, 5) is 24.5. The first-order valence-corrected chi connectivity index (χ1v) is 7.43. The van der Waals surface area contributed by atoms with Gasteiger partial charge in [0.2, 0.25) is 0 Å². The molecule has 1 aromatic carbocycles. The minimum Gasteiger partial charge on any atom is -0.478 e. The van der Waals surface area contributed by atoms with E-state index in [4.69, 9.17) is 9.84 Å². The molecule has 2 rings (SSSR count). The molecule has 114 valence electrons. The summed E-state index contributed by atoms with van der Waals surface area (Å²) in [6.07, 6.45) is 2.09. The van der Waals surface area contributed by atoms with E-state index in [2.05, 4.69) is 21.2 Å². The summed E-state index contributed by atoms with van der Waals surface area (Å²) < 4.78 is 6.02. The van der Waals surface area contributed by atoms with Crippen LogP contribution in [0.25, 0.3) is 0 Å². The number of nitrogens with zero attached hydrogens (tertiary/aromatic N) is 1. The van der Waals surface area contributed by atoms with Gasteiger partial charge in [0.15, 0.2) is 0 Å². The third-order valence-electron chi connectivity index (χ3n) is 3.31. The topological polar surface area (TPSA) is 78.9 Å². The largest absolute Gasteiger partial charge is 0.478 e. The number of carbonyl (C=O) groups excluding carboxylic acids is 1. The number of hydrogen-bond donors (Lipinski definition) is 2. The van der Waals surface area contributed by atoms with Crippen LogP contribution in [-0.4, -0.2) is 48.3 Å². The van der Waals surface area contributed by atoms with Crippen LogP contribution in [0.3, 0.4) is 0 Å². The van der Waals surface area contributed by atoms with Crippen molar-refractivity contribution in [3.63, 3.8) is 0 Å². The number of ether oxygens (including phenoxy) is 1. The highest BCUT2D eigenvalue weighted by atomic mass is 79.9. The van der Waals surface area contributed by atoms with Crippen LogP contribution in [0.15, 0.2) is 22.7 Å². The van der Waals surface area contributed by atoms with Gasteiger partial charge in [0.05, 0.1) is 17.4 Å². The molecule has 0 bridgehead atoms. The number of carboxylic acid groups (broad SMARTS) is 1. The molecule has 1 unspecified atom stereocenters. The maximum atomic E-state index is 12.1. The molecule has 2 amide bonds. The van der Waals surface area contributed by atoms with Gasteiger partial charge in [-0.05, 0) is 47.0 Å². The lowest BCUT2D eigenvalue weighted by molar-refractivity contribution is 0.0697. The van der Waals surface area contributed by atoms with E-state index in [0.29, 0.717) is 16.7 Å². The number of carbonyl (C=O) groups is 2. The van der Waals surface area contributed by atoms with Crippen molar-refractivity contribution in [3.05, 3.63) is 28.2 Å². The van der Waals surface area contributed by atoms with Crippen molar-refractivity contribution in [2.75, 3.05) is 25.5 Å². The lowest BCUT2D eigenvalue weighted by Gasteiger charge is -2.21. The zero-order chi connectivity index (χ0) is 15.4. The normalized spacial score (nSPS) is 17.5. The summed E-state index contributed by atoms with van der Waals surface area (Å²) in [5.41, 5.74) is 0.691. The Balaban J connectivity index is 1.96. The number of hydrogen-bond acceptors (Lipinski definition) is 3. The Morgan fingerprint density at radius 3 is 2.86 bits per heavy atom. The van der Waals surface area contributed by atoms with Crippen molar-refractivity contribution in [1.82, 2.24) is 4.90 Å². The fraction of sp³-hybridized carbons (Fsp3) is 0.429. The minimum atomic E-state index is -1.01. The van der Waals surface area contributed by atoms with Gasteiger partial charge in [-0.2, -0.15) is 0 Å². The molecule has 1 saturated heterocycles. The fourth-order valence-electron chi connectivity index (χ4n) is 2.14. The van der Waals surface area contributed by atoms with Crippen molar-refractivity contribution < 1.29 is 19.4 Å². The van der Waals surface area contributed by atoms with E-state index in [9.17, 15) is 9.59 Å². The second kappa shape index (κ2) is 6.91. The number of rotatable bonds is 4. The highest BCUT2D eigenvalue weighted by molar-refractivity contribution is 9.10. The predicted octanol–water partition coefficient (Wildman–Crippen LogP) is 2.79. The second-order valence-corrected chi connectivity index (χ2v) is 5.80. The van der Waals surface area contributed by atoms with Gasteiger partial charge in [0.25, 0.3) is 0 Å². The Hall–Kier alpha value is -1.60. The van der Waals surface area contributed by atoms with Crippen molar-refractivity contribution in [2.45, 2.75) is 18.9 Å². The standard InChI is InChI=1S/C14H17BrN2O4/c1-17(8-10-3-2-6-21-10)14(20)16-12-5-4-9(13(18)19)7-11(12)15/h4-5,7,10H,2-3,6,8H2,1H3,(H,16,20)(H,18,19). The average molecular weight is 357 g/mol. The molecule has 1 aromatic rings. The Kier molecular flexibility index (Phi) is 5.19. The Morgan fingerprint density at radius 2 is 2.29 bits per heavy atom. The highest BCUT2D eigenvalue weighted by Crippen LogP contribution is 2.24. The fourth-order valence-corrected chi connectivity index (χ4v) is 2.61. The molecule has 1 atom stereocenters. The number of urea groups is 1. The van der Waals surface area contributed by atoms with Crippen LogP contribution < -0.4 is 5.32 Å². The van der Waals surface area contributed by atoms with Crippen LogP contribution in [0.1, 0.15) is 23.2 Å². The number of carboxylic acids is 1. The van der Waals surface area contributed by atoms with E-state index in [-0.39, 0.29) is 17.7 Å². The van der Waals surface area contributed by atoms with Crippen LogP contribution in [0.4, 0.5) is 10.5 Å². The summed E-state index contributed by atoms with van der Waals surface area (Å²) in [6.45, 7) is 1.29. The molecule has 0 saturated carbocycles. The molecule has 1 aliphatic rings. The molecule has 0 aromatic heterocycles. The van der Waals surface area contributed by atoms with E-state index in [0.717, 1.165) is 19.4 Å². The first kappa shape index (κ1) is 15.8. The number of halogens is 1. The van der Waals surface area contributed by atoms with E-state index in [1.54, 1.807) is 18.0 Å². The van der Waals surface area contributed by atoms with Crippen LogP contribution in [0.5, 0.6) is 0 Å². The molecule has 0 spiro atoms. The molecular weight excluding hydrogens is 340 g/mol. The van der Waals surface area contributed by atoms with E-state index in [1.807, 2.05) is 0 Å². The van der Waals surface area contributed by atoms with E-state index >= 15 is 0 Å². The highest BCUT2D eigenvalue weighted by Gasteiger charge is 2.20. The molecule has 7 heteroatoms. The number of anilines is 1. The molecule has 0 radical (unpaired) electrons. The Labute approximate surface area is 131 Å². The smallest absolute Gasteiger partial charge is 0.335 e. The van der Waals surface area contributed by atoms with Gasteiger partial charge in [-0.3, -0.25) is 0 Å². The lowest BCUT2D eigenvalue weighted by Crippen LogP contribution is -2.37. The van der Waals surface area contributed by atoms with Crippen molar-refractivity contribution in [1.29, 1.82) is 0 Å². The summed E-state index contributed by atoms with van der Waals surface area (Å²) >= 11 is 3.26. The van der Waals surface area contributed by atoms with Crippen LogP contribution in [0, 0.1) is 0 Å². The molecule has 2 N–H and O–H groups in total. The van der Waals surface area contributed by atoms with Gasteiger partial charge in [-0.15, -0.1) is 0 Å². The van der Waals surface area contributed by atoms with Crippen molar-refractivity contribution in [2.24, 2.45) is 0 Å². The first-order chi connectivity index (χ1) is 9.97. The Morgan fingerprint density at radius 1 is 1.52 bits per heavy atom. The van der Waals surface area contributed by atoms with Crippen LogP contribution in [-0.2, 0) is 4.74 Å². The average Bonchev–Trinajstić information content (AvgIpc) is 2.93. The molecule has 1 heterocycles. The summed E-state index contributed by atoms with van der Waals surface area (Å²) in [6, 6.07) is 4.21. The van der Waals surface area contributed by atoms with Gasteiger partial charge in [0.1, 0.15) is 0 Å². The van der Waals surface area contributed by atoms with Gasteiger partial charge in [-0.25, -0.2) is 9.59 Å². The summed E-state index contributed by atoms with van der Waals surface area (Å²) in [5, 5.41) is 11.6. The van der Waals surface area contributed by atoms with Gasteiger partial charge in [0, 0.05) is 24.7 Å². The zero-order valence-electron chi connectivity index (χ0n) is 11.6. The minimum absolute atomic E-state index is 0.0959. The number of nitrogens with one attached hydrogen (secondary N) is 1. The maximum Gasteiger partial charge on any atom is 0.335 e. The predicted molar refractivity (Wildman–Crippen MR) is 81.7 cm³/mol. The van der Waals surface area contributed by atoms with Crippen LogP contribution >= 0.6 is 15.9 Å². The molecule has 21 heavy (non-hydrogen) atoms.